The predicted octanol–water partition coefficient (Wildman–Crippen LogP) is 2.99. The molecule has 4 nitrogen and oxygen atoms in total. The van der Waals surface area contributed by atoms with Crippen LogP contribution in [0, 0.1) is 0 Å². The Balaban J connectivity index is 2.76. The van der Waals surface area contributed by atoms with Gasteiger partial charge in [0.1, 0.15) is 0 Å². The summed E-state index contributed by atoms with van der Waals surface area (Å²) >= 11 is 0. The summed E-state index contributed by atoms with van der Waals surface area (Å²) in [6, 6.07) is 7.14. The molecule has 0 bridgehead atoms. The van der Waals surface area contributed by atoms with Crippen LogP contribution in [-0.4, -0.2) is 24.2 Å². The van der Waals surface area contributed by atoms with Gasteiger partial charge in [-0.2, -0.15) is 0 Å². The van der Waals surface area contributed by atoms with Crippen LogP contribution in [0.5, 0.6) is 0 Å². The molecule has 1 aromatic carbocycles. The van der Waals surface area contributed by atoms with Gasteiger partial charge in [-0.1, -0.05) is 30.4 Å². The number of carboxylic acids is 1. The zero-order valence-electron chi connectivity index (χ0n) is 11.7. The van der Waals surface area contributed by atoms with E-state index in [-0.39, 0.29) is 12.4 Å². The number of ether oxygens (including phenoxy) is 1. The standard InChI is InChI=1S/C16H18O4/c1-11(12(2)9-15(17)18)7-8-13-5-4-6-14(10-13)16(19)20-3/h4-7,10H,2,8-9H2,1,3H3,(H,17,18). The number of esters is 1. The second-order valence-corrected chi connectivity index (χ2v) is 4.46. The van der Waals surface area contributed by atoms with E-state index in [0.717, 1.165) is 11.1 Å². The Morgan fingerprint density at radius 2 is 2.10 bits per heavy atom. The zero-order chi connectivity index (χ0) is 15.1. The lowest BCUT2D eigenvalue weighted by atomic mass is 10.0. The molecule has 0 atom stereocenters. The number of carbonyl (C=O) groups is 2. The van der Waals surface area contributed by atoms with Crippen molar-refractivity contribution in [2.45, 2.75) is 19.8 Å². The van der Waals surface area contributed by atoms with Crippen molar-refractivity contribution in [3.63, 3.8) is 0 Å². The van der Waals surface area contributed by atoms with Crippen LogP contribution in [0.4, 0.5) is 0 Å². The molecule has 1 aromatic rings. The van der Waals surface area contributed by atoms with Gasteiger partial charge in [-0.15, -0.1) is 0 Å². The molecular formula is C16H18O4. The molecule has 0 aliphatic carbocycles. The van der Waals surface area contributed by atoms with E-state index in [1.807, 2.05) is 19.1 Å². The van der Waals surface area contributed by atoms with Crippen LogP contribution >= 0.6 is 0 Å². The third-order valence-electron chi connectivity index (χ3n) is 2.91. The molecule has 0 spiro atoms. The van der Waals surface area contributed by atoms with Gasteiger partial charge in [-0.05, 0) is 36.6 Å². The van der Waals surface area contributed by atoms with E-state index in [9.17, 15) is 9.59 Å². The number of carbonyl (C=O) groups excluding carboxylic acids is 1. The Hall–Kier alpha value is -2.36. The molecule has 1 N–H and O–H groups in total. The first kappa shape index (κ1) is 15.7. The maximum absolute atomic E-state index is 11.4. The maximum atomic E-state index is 11.4. The zero-order valence-corrected chi connectivity index (χ0v) is 11.7. The van der Waals surface area contributed by atoms with E-state index in [2.05, 4.69) is 11.3 Å². The number of aliphatic carboxylic acids is 1. The lowest BCUT2D eigenvalue weighted by Gasteiger charge is -2.05. The fourth-order valence-electron chi connectivity index (χ4n) is 1.68. The fraction of sp³-hybridized carbons (Fsp3) is 0.250. The normalized spacial score (nSPS) is 11.0. The average molecular weight is 274 g/mol. The largest absolute Gasteiger partial charge is 0.481 e. The second-order valence-electron chi connectivity index (χ2n) is 4.46. The van der Waals surface area contributed by atoms with E-state index < -0.39 is 5.97 Å². The number of hydrogen-bond donors (Lipinski definition) is 1. The minimum Gasteiger partial charge on any atom is -0.481 e. The molecule has 0 saturated carbocycles. The maximum Gasteiger partial charge on any atom is 0.337 e. The van der Waals surface area contributed by atoms with E-state index in [1.165, 1.54) is 7.11 Å². The quantitative estimate of drug-likeness (QED) is 0.640. The molecule has 0 aliphatic heterocycles. The van der Waals surface area contributed by atoms with Gasteiger partial charge in [0.15, 0.2) is 0 Å². The predicted molar refractivity (Wildman–Crippen MR) is 76.6 cm³/mol. The summed E-state index contributed by atoms with van der Waals surface area (Å²) in [5, 5.41) is 8.70. The molecule has 0 radical (unpaired) electrons. The molecule has 1 rings (SSSR count). The number of benzene rings is 1. The minimum atomic E-state index is -0.893. The molecule has 4 heteroatoms. The SMILES string of the molecule is C=C(CC(=O)O)C(C)=CCc1cccc(C(=O)OC)c1. The lowest BCUT2D eigenvalue weighted by Crippen LogP contribution is -2.01. The molecule has 106 valence electrons. The van der Waals surface area contributed by atoms with Crippen molar-refractivity contribution < 1.29 is 19.4 Å². The number of rotatable bonds is 6. The second kappa shape index (κ2) is 7.28. The highest BCUT2D eigenvalue weighted by Gasteiger charge is 2.06. The van der Waals surface area contributed by atoms with Gasteiger partial charge >= 0.3 is 11.9 Å². The summed E-state index contributed by atoms with van der Waals surface area (Å²) in [5.41, 5.74) is 2.88. The number of methoxy groups -OCH3 is 1. The summed E-state index contributed by atoms with van der Waals surface area (Å²) in [6.45, 7) is 5.57. The van der Waals surface area contributed by atoms with Crippen molar-refractivity contribution in [2.24, 2.45) is 0 Å². The van der Waals surface area contributed by atoms with Crippen molar-refractivity contribution >= 4 is 11.9 Å². The van der Waals surface area contributed by atoms with Crippen LogP contribution in [0.2, 0.25) is 0 Å². The van der Waals surface area contributed by atoms with Gasteiger partial charge in [0.25, 0.3) is 0 Å². The highest BCUT2D eigenvalue weighted by Crippen LogP contribution is 2.14. The third kappa shape index (κ3) is 4.72. The van der Waals surface area contributed by atoms with Crippen molar-refractivity contribution in [3.8, 4) is 0 Å². The molecule has 0 fully saturated rings. The van der Waals surface area contributed by atoms with Crippen LogP contribution in [-0.2, 0) is 16.0 Å². The van der Waals surface area contributed by atoms with Gasteiger partial charge in [0.05, 0.1) is 19.1 Å². The fourth-order valence-corrected chi connectivity index (χ4v) is 1.68. The topological polar surface area (TPSA) is 63.6 Å². The molecule has 0 aliphatic rings. The monoisotopic (exact) mass is 274 g/mol. The van der Waals surface area contributed by atoms with Crippen LogP contribution in [0.1, 0.15) is 29.3 Å². The first-order valence-electron chi connectivity index (χ1n) is 6.18. The first-order valence-corrected chi connectivity index (χ1v) is 6.18. The Kier molecular flexibility index (Phi) is 5.72. The van der Waals surface area contributed by atoms with Gasteiger partial charge in [0.2, 0.25) is 0 Å². The molecular weight excluding hydrogens is 256 g/mol. The molecule has 0 saturated heterocycles. The Labute approximate surface area is 118 Å². The first-order chi connectivity index (χ1) is 9.43. The van der Waals surface area contributed by atoms with E-state index in [1.54, 1.807) is 18.2 Å². The molecule has 0 heterocycles. The van der Waals surface area contributed by atoms with Crippen LogP contribution in [0.15, 0.2) is 48.1 Å². The highest BCUT2D eigenvalue weighted by atomic mass is 16.5. The van der Waals surface area contributed by atoms with Crippen molar-refractivity contribution in [2.75, 3.05) is 7.11 Å². The number of allylic oxidation sites excluding steroid dienone is 2. The van der Waals surface area contributed by atoms with Gasteiger partial charge < -0.3 is 9.84 Å². The van der Waals surface area contributed by atoms with Crippen LogP contribution < -0.4 is 0 Å². The smallest absolute Gasteiger partial charge is 0.337 e. The number of hydrogen-bond acceptors (Lipinski definition) is 3. The minimum absolute atomic E-state index is 0.0649. The molecule has 0 aromatic heterocycles. The Morgan fingerprint density at radius 1 is 1.40 bits per heavy atom. The average Bonchev–Trinajstić information content (AvgIpc) is 2.43. The van der Waals surface area contributed by atoms with E-state index >= 15 is 0 Å². The molecule has 0 unspecified atom stereocenters. The van der Waals surface area contributed by atoms with Gasteiger partial charge in [0, 0.05) is 0 Å². The van der Waals surface area contributed by atoms with Crippen molar-refractivity contribution in [1.29, 1.82) is 0 Å². The Bertz CT molecular complexity index is 555. The summed E-state index contributed by atoms with van der Waals surface area (Å²) in [4.78, 5) is 22.0. The van der Waals surface area contributed by atoms with Gasteiger partial charge in [-0.25, -0.2) is 4.79 Å². The lowest BCUT2D eigenvalue weighted by molar-refractivity contribution is -0.136. The Morgan fingerprint density at radius 3 is 2.70 bits per heavy atom. The molecule has 0 amide bonds. The number of carboxylic acid groups (broad SMARTS) is 1. The van der Waals surface area contributed by atoms with Gasteiger partial charge in [-0.3, -0.25) is 4.79 Å². The van der Waals surface area contributed by atoms with Crippen LogP contribution in [0.25, 0.3) is 0 Å². The van der Waals surface area contributed by atoms with E-state index in [0.29, 0.717) is 17.6 Å². The van der Waals surface area contributed by atoms with Crippen LogP contribution in [0.3, 0.4) is 0 Å². The van der Waals surface area contributed by atoms with Crippen molar-refractivity contribution in [1.82, 2.24) is 0 Å². The summed E-state index contributed by atoms with van der Waals surface area (Å²) in [6.07, 6.45) is 2.45. The summed E-state index contributed by atoms with van der Waals surface area (Å²) in [5.74, 6) is -1.27. The van der Waals surface area contributed by atoms with Crippen molar-refractivity contribution in [3.05, 3.63) is 59.2 Å². The summed E-state index contributed by atoms with van der Waals surface area (Å²) < 4.78 is 4.67. The molecule has 20 heavy (non-hydrogen) atoms. The third-order valence-corrected chi connectivity index (χ3v) is 2.91. The summed E-state index contributed by atoms with van der Waals surface area (Å²) in [7, 11) is 1.34. The van der Waals surface area contributed by atoms with E-state index in [4.69, 9.17) is 5.11 Å². The highest BCUT2D eigenvalue weighted by molar-refractivity contribution is 5.89.